The standard InChI is InChI=1S/C10H15NO4S/c1-3-9(11(13)14)8-10(4-2)16-15-7-5-6-12/h3-4,8,12H,2,5-7H2,1H3/b9-3+,10-8+. The molecule has 0 saturated heterocycles. The highest BCUT2D eigenvalue weighted by Gasteiger charge is 2.06. The molecule has 1 N–H and O–H groups in total. The van der Waals surface area contributed by atoms with Crippen molar-refractivity contribution in [1.29, 1.82) is 0 Å². The molecule has 6 heteroatoms. The number of nitrogens with zero attached hydrogens (tertiary/aromatic N) is 1. The van der Waals surface area contributed by atoms with Gasteiger partial charge >= 0.3 is 0 Å². The number of aliphatic hydroxyl groups excluding tert-OH is 1. The van der Waals surface area contributed by atoms with Gasteiger partial charge in [-0.3, -0.25) is 10.1 Å². The van der Waals surface area contributed by atoms with E-state index < -0.39 is 4.92 Å². The topological polar surface area (TPSA) is 72.6 Å². The minimum atomic E-state index is -0.474. The minimum absolute atomic E-state index is 0.00634. The molecule has 0 heterocycles. The van der Waals surface area contributed by atoms with Crippen LogP contribution < -0.4 is 0 Å². The van der Waals surface area contributed by atoms with Crippen molar-refractivity contribution in [1.82, 2.24) is 0 Å². The van der Waals surface area contributed by atoms with Gasteiger partial charge in [-0.05, 0) is 19.4 Å². The lowest BCUT2D eigenvalue weighted by molar-refractivity contribution is -0.419. The zero-order valence-electron chi connectivity index (χ0n) is 9.09. The number of hydrogen-bond acceptors (Lipinski definition) is 5. The maximum atomic E-state index is 10.5. The van der Waals surface area contributed by atoms with Crippen LogP contribution in [0, 0.1) is 10.1 Å². The predicted octanol–water partition coefficient (Wildman–Crippen LogP) is 2.28. The van der Waals surface area contributed by atoms with Gasteiger partial charge < -0.3 is 9.29 Å². The zero-order valence-corrected chi connectivity index (χ0v) is 9.90. The molecular weight excluding hydrogens is 230 g/mol. The third kappa shape index (κ3) is 6.39. The van der Waals surface area contributed by atoms with Crippen molar-refractivity contribution in [2.24, 2.45) is 0 Å². The Kier molecular flexibility index (Phi) is 8.51. The first-order valence-electron chi connectivity index (χ1n) is 4.70. The molecule has 0 atom stereocenters. The minimum Gasteiger partial charge on any atom is -0.396 e. The molecule has 0 amide bonds. The molecule has 0 aromatic heterocycles. The Labute approximate surface area is 98.8 Å². The second-order valence-electron chi connectivity index (χ2n) is 2.70. The van der Waals surface area contributed by atoms with Crippen LogP contribution in [0.3, 0.4) is 0 Å². The molecule has 0 aromatic carbocycles. The highest BCUT2D eigenvalue weighted by atomic mass is 32.2. The fraction of sp³-hybridized carbons (Fsp3) is 0.400. The molecule has 0 aliphatic heterocycles. The van der Waals surface area contributed by atoms with Crippen LogP contribution in [0.15, 0.2) is 35.4 Å². The molecule has 90 valence electrons. The largest absolute Gasteiger partial charge is 0.396 e. The highest BCUT2D eigenvalue weighted by Crippen LogP contribution is 2.20. The second-order valence-corrected chi connectivity index (χ2v) is 3.58. The van der Waals surface area contributed by atoms with Crippen LogP contribution in [0.5, 0.6) is 0 Å². The maximum absolute atomic E-state index is 10.5. The predicted molar refractivity (Wildman–Crippen MR) is 64.3 cm³/mol. The summed E-state index contributed by atoms with van der Waals surface area (Å²) in [5, 5.41) is 19.1. The van der Waals surface area contributed by atoms with E-state index in [0.717, 1.165) is 12.0 Å². The molecule has 0 radical (unpaired) electrons. The first-order valence-corrected chi connectivity index (χ1v) is 5.45. The van der Waals surface area contributed by atoms with Gasteiger partial charge in [-0.2, -0.15) is 0 Å². The molecule has 0 unspecified atom stereocenters. The van der Waals surface area contributed by atoms with Crippen LogP contribution in [0.2, 0.25) is 0 Å². The molecule has 0 fully saturated rings. The number of hydrogen-bond donors (Lipinski definition) is 1. The van der Waals surface area contributed by atoms with Gasteiger partial charge in [-0.15, -0.1) is 0 Å². The van der Waals surface area contributed by atoms with Crippen molar-refractivity contribution in [2.45, 2.75) is 13.3 Å². The quantitative estimate of drug-likeness (QED) is 0.233. The first kappa shape index (κ1) is 14.9. The van der Waals surface area contributed by atoms with E-state index in [1.165, 1.54) is 18.2 Å². The van der Waals surface area contributed by atoms with Crippen molar-refractivity contribution < 1.29 is 14.2 Å². The summed E-state index contributed by atoms with van der Waals surface area (Å²) in [6.07, 6.45) is 4.80. The van der Waals surface area contributed by atoms with E-state index in [2.05, 4.69) is 6.58 Å². The lowest BCUT2D eigenvalue weighted by Gasteiger charge is -2.01. The first-order chi connectivity index (χ1) is 7.65. The van der Waals surface area contributed by atoms with Gasteiger partial charge in [0.05, 0.1) is 11.5 Å². The van der Waals surface area contributed by atoms with Gasteiger partial charge in [-0.1, -0.05) is 12.7 Å². The monoisotopic (exact) mass is 245 g/mol. The number of nitro groups is 1. The van der Waals surface area contributed by atoms with Crippen molar-refractivity contribution in [2.75, 3.05) is 13.2 Å². The Balaban J connectivity index is 4.31. The zero-order chi connectivity index (χ0) is 12.4. The fourth-order valence-corrected chi connectivity index (χ4v) is 1.31. The smallest absolute Gasteiger partial charge is 0.266 e. The summed E-state index contributed by atoms with van der Waals surface area (Å²) >= 11 is 1.01. The summed E-state index contributed by atoms with van der Waals surface area (Å²) in [4.78, 5) is 10.6. The molecule has 0 aliphatic carbocycles. The van der Waals surface area contributed by atoms with Gasteiger partial charge in [0.1, 0.15) is 0 Å². The molecule has 0 spiro atoms. The molecule has 0 bridgehead atoms. The van der Waals surface area contributed by atoms with Gasteiger partial charge in [-0.25, -0.2) is 0 Å². The third-order valence-electron chi connectivity index (χ3n) is 1.54. The number of aliphatic hydroxyl groups is 1. The van der Waals surface area contributed by atoms with Crippen LogP contribution in [-0.4, -0.2) is 23.2 Å². The van der Waals surface area contributed by atoms with Gasteiger partial charge in [0.25, 0.3) is 5.70 Å². The van der Waals surface area contributed by atoms with Crippen LogP contribution in [-0.2, 0) is 4.18 Å². The Hall–Kier alpha value is -1.11. The lowest BCUT2D eigenvalue weighted by Crippen LogP contribution is -1.96. The molecule has 0 rings (SSSR count). The summed E-state index contributed by atoms with van der Waals surface area (Å²) < 4.78 is 5.12. The lowest BCUT2D eigenvalue weighted by atomic mass is 10.3. The van der Waals surface area contributed by atoms with Crippen LogP contribution in [0.25, 0.3) is 0 Å². The highest BCUT2D eigenvalue weighted by molar-refractivity contribution is 7.98. The SMILES string of the molecule is C=C/C(=C\C(=C/C)[N+](=O)[O-])SOCCCO. The fourth-order valence-electron chi connectivity index (χ4n) is 0.737. The Morgan fingerprint density at radius 3 is 2.81 bits per heavy atom. The van der Waals surface area contributed by atoms with Crippen LogP contribution in [0.1, 0.15) is 13.3 Å². The molecule has 5 nitrogen and oxygen atoms in total. The van der Waals surface area contributed by atoms with E-state index in [-0.39, 0.29) is 12.3 Å². The summed E-state index contributed by atoms with van der Waals surface area (Å²) in [5.41, 5.74) is -0.00634. The Bertz CT molecular complexity index is 299. The van der Waals surface area contributed by atoms with E-state index >= 15 is 0 Å². The second kappa shape index (κ2) is 9.14. The van der Waals surface area contributed by atoms with Crippen LogP contribution >= 0.6 is 12.0 Å². The van der Waals surface area contributed by atoms with E-state index in [4.69, 9.17) is 9.29 Å². The van der Waals surface area contributed by atoms with E-state index in [9.17, 15) is 10.1 Å². The average molecular weight is 245 g/mol. The summed E-state index contributed by atoms with van der Waals surface area (Å²) in [6, 6.07) is 0. The molecular formula is C10H15NO4S. The molecule has 0 aromatic rings. The number of rotatable bonds is 8. The van der Waals surface area contributed by atoms with Crippen molar-refractivity contribution >= 4 is 12.0 Å². The van der Waals surface area contributed by atoms with Crippen molar-refractivity contribution in [3.05, 3.63) is 45.5 Å². The number of allylic oxidation sites excluding steroid dienone is 3. The van der Waals surface area contributed by atoms with Crippen molar-refractivity contribution in [3.8, 4) is 0 Å². The van der Waals surface area contributed by atoms with Gasteiger partial charge in [0, 0.05) is 29.6 Å². The Morgan fingerprint density at radius 1 is 1.69 bits per heavy atom. The molecule has 16 heavy (non-hydrogen) atoms. The normalized spacial score (nSPS) is 12.6. The average Bonchev–Trinajstić information content (AvgIpc) is 2.28. The third-order valence-corrected chi connectivity index (χ3v) is 2.30. The van der Waals surface area contributed by atoms with Gasteiger partial charge in [0.2, 0.25) is 0 Å². The van der Waals surface area contributed by atoms with Crippen LogP contribution in [0.4, 0.5) is 0 Å². The van der Waals surface area contributed by atoms with Crippen molar-refractivity contribution in [3.63, 3.8) is 0 Å². The van der Waals surface area contributed by atoms with E-state index in [1.807, 2.05) is 0 Å². The van der Waals surface area contributed by atoms with E-state index in [1.54, 1.807) is 6.92 Å². The summed E-state index contributed by atoms with van der Waals surface area (Å²) in [6.45, 7) is 5.57. The molecule has 0 aliphatic rings. The van der Waals surface area contributed by atoms with E-state index in [0.29, 0.717) is 17.9 Å². The summed E-state index contributed by atoms with van der Waals surface area (Å²) in [5.74, 6) is 0. The Morgan fingerprint density at radius 2 is 2.38 bits per heavy atom. The molecule has 0 saturated carbocycles. The van der Waals surface area contributed by atoms with Gasteiger partial charge in [0.15, 0.2) is 0 Å². The summed E-state index contributed by atoms with van der Waals surface area (Å²) in [7, 11) is 0. The maximum Gasteiger partial charge on any atom is 0.266 e.